The molecule has 8 nitrogen and oxygen atoms in total. The predicted octanol–water partition coefficient (Wildman–Crippen LogP) is 3.44. The summed E-state index contributed by atoms with van der Waals surface area (Å²) in [6, 6.07) is 14.2. The number of aliphatic hydroxyl groups is 1. The van der Waals surface area contributed by atoms with Gasteiger partial charge in [-0.2, -0.15) is 0 Å². The van der Waals surface area contributed by atoms with E-state index >= 15 is 0 Å². The molecule has 3 aromatic rings. The van der Waals surface area contributed by atoms with Crippen LogP contribution in [0.1, 0.15) is 32.5 Å². The number of furan rings is 1. The molecule has 1 aromatic heterocycles. The lowest BCUT2D eigenvalue weighted by atomic mass is 9.94. The van der Waals surface area contributed by atoms with Crippen molar-refractivity contribution in [1.29, 1.82) is 0 Å². The van der Waals surface area contributed by atoms with Crippen molar-refractivity contribution in [2.45, 2.75) is 6.04 Å². The monoisotopic (exact) mass is 435 g/mol. The first-order valence-electron chi connectivity index (χ1n) is 9.90. The highest BCUT2D eigenvalue weighted by Gasteiger charge is 2.44. The van der Waals surface area contributed by atoms with Gasteiger partial charge in [-0.15, -0.1) is 0 Å². The number of rotatable bonds is 7. The molecule has 0 radical (unpaired) electrons. The Morgan fingerprint density at radius 3 is 2.47 bits per heavy atom. The van der Waals surface area contributed by atoms with E-state index in [9.17, 15) is 19.5 Å². The molecule has 0 saturated carbocycles. The topological polar surface area (TPSA) is 106 Å². The lowest BCUT2D eigenvalue weighted by Crippen LogP contribution is -2.34. The third-order valence-corrected chi connectivity index (χ3v) is 5.38. The largest absolute Gasteiger partial charge is 0.503 e. The molecule has 0 bridgehead atoms. The molecule has 164 valence electrons. The van der Waals surface area contributed by atoms with Crippen LogP contribution in [-0.4, -0.2) is 55.0 Å². The summed E-state index contributed by atoms with van der Waals surface area (Å²) in [5.41, 5.74) is 1.31. The second-order valence-electron chi connectivity index (χ2n) is 7.25. The Bertz CT molecular complexity index is 1190. The van der Waals surface area contributed by atoms with Gasteiger partial charge in [0.05, 0.1) is 30.9 Å². The third kappa shape index (κ3) is 3.65. The number of esters is 1. The zero-order valence-electron chi connectivity index (χ0n) is 17.5. The zero-order chi connectivity index (χ0) is 22.8. The lowest BCUT2D eigenvalue weighted by Gasteiger charge is -2.26. The van der Waals surface area contributed by atoms with Gasteiger partial charge in [-0.05, 0) is 29.8 Å². The quantitative estimate of drug-likeness (QED) is 0.448. The number of ether oxygens (including phenoxy) is 2. The van der Waals surface area contributed by atoms with Crippen molar-refractivity contribution in [3.63, 3.8) is 0 Å². The minimum atomic E-state index is -0.870. The first kappa shape index (κ1) is 21.3. The van der Waals surface area contributed by atoms with Crippen LogP contribution in [0.15, 0.2) is 70.3 Å². The minimum Gasteiger partial charge on any atom is -0.503 e. The van der Waals surface area contributed by atoms with Crippen LogP contribution >= 0.6 is 0 Å². The molecule has 0 aliphatic carbocycles. The fraction of sp³-hybridized carbons (Fsp3) is 0.208. The van der Waals surface area contributed by atoms with Crippen LogP contribution in [0.4, 0.5) is 0 Å². The van der Waals surface area contributed by atoms with Crippen LogP contribution in [0.5, 0.6) is 0 Å². The Hall–Kier alpha value is -3.91. The van der Waals surface area contributed by atoms with E-state index in [-0.39, 0.29) is 24.5 Å². The maximum absolute atomic E-state index is 13.4. The van der Waals surface area contributed by atoms with Crippen molar-refractivity contribution in [3.8, 4) is 0 Å². The molecule has 1 aliphatic rings. The van der Waals surface area contributed by atoms with Crippen LogP contribution in [0.3, 0.4) is 0 Å². The van der Waals surface area contributed by atoms with E-state index < -0.39 is 29.5 Å². The Morgan fingerprint density at radius 1 is 1.09 bits per heavy atom. The van der Waals surface area contributed by atoms with Gasteiger partial charge >= 0.3 is 5.97 Å². The fourth-order valence-electron chi connectivity index (χ4n) is 3.80. The predicted molar refractivity (Wildman–Crippen MR) is 114 cm³/mol. The first-order chi connectivity index (χ1) is 15.5. The van der Waals surface area contributed by atoms with Gasteiger partial charge in [-0.3, -0.25) is 9.59 Å². The highest BCUT2D eigenvalue weighted by molar-refractivity contribution is 6.16. The number of hydrogen-bond acceptors (Lipinski definition) is 7. The number of benzene rings is 2. The summed E-state index contributed by atoms with van der Waals surface area (Å²) >= 11 is 0. The van der Waals surface area contributed by atoms with Crippen molar-refractivity contribution in [2.24, 2.45) is 0 Å². The number of Topliss-reactive ketones (excluding diaryl/α,β-unsaturated/α-hetero) is 1. The van der Waals surface area contributed by atoms with Crippen molar-refractivity contribution < 1.29 is 33.4 Å². The van der Waals surface area contributed by atoms with Crippen LogP contribution in [-0.2, 0) is 14.3 Å². The van der Waals surface area contributed by atoms with Gasteiger partial charge in [0.25, 0.3) is 5.91 Å². The Morgan fingerprint density at radius 2 is 1.81 bits per heavy atom. The maximum atomic E-state index is 13.4. The number of hydrogen-bond donors (Lipinski definition) is 1. The Balaban J connectivity index is 1.77. The standard InChI is InChI=1S/C24H21NO7/c1-30-12-11-25-20(14-7-9-15(10-8-14)24(29)31-2)19(22(27)23(25)28)21(26)18-13-16-5-3-4-6-17(16)32-18/h3-10,13,20,27H,11-12H2,1-2H3. The average molecular weight is 435 g/mol. The summed E-state index contributed by atoms with van der Waals surface area (Å²) in [5.74, 6) is -2.39. The summed E-state index contributed by atoms with van der Waals surface area (Å²) in [7, 11) is 2.78. The number of carbonyl (C=O) groups is 3. The molecule has 4 rings (SSSR count). The smallest absolute Gasteiger partial charge is 0.337 e. The lowest BCUT2D eigenvalue weighted by molar-refractivity contribution is -0.130. The van der Waals surface area contributed by atoms with Crippen molar-refractivity contribution >= 4 is 28.6 Å². The van der Waals surface area contributed by atoms with Gasteiger partial charge in [0.1, 0.15) is 5.58 Å². The Kier molecular flexibility index (Phi) is 5.79. The van der Waals surface area contributed by atoms with E-state index in [2.05, 4.69) is 0 Å². The van der Waals surface area contributed by atoms with E-state index in [0.717, 1.165) is 5.39 Å². The number of ketones is 1. The SMILES string of the molecule is COCCN1C(=O)C(O)=C(C(=O)c2cc3ccccc3o2)C1c1ccc(C(=O)OC)cc1. The van der Waals surface area contributed by atoms with Crippen LogP contribution in [0, 0.1) is 0 Å². The first-order valence-corrected chi connectivity index (χ1v) is 9.90. The molecule has 8 heteroatoms. The third-order valence-electron chi connectivity index (χ3n) is 5.38. The molecule has 2 heterocycles. The number of carbonyl (C=O) groups excluding carboxylic acids is 3. The fourth-order valence-corrected chi connectivity index (χ4v) is 3.80. The molecular weight excluding hydrogens is 414 g/mol. The molecular formula is C24H21NO7. The second kappa shape index (κ2) is 8.68. The molecule has 1 amide bonds. The molecule has 1 N–H and O–H groups in total. The summed E-state index contributed by atoms with van der Waals surface area (Å²) in [6.07, 6.45) is 0. The minimum absolute atomic E-state index is 0.0188. The number of nitrogens with zero attached hydrogens (tertiary/aromatic N) is 1. The second-order valence-corrected chi connectivity index (χ2v) is 7.25. The number of fused-ring (bicyclic) bond motifs is 1. The van der Waals surface area contributed by atoms with E-state index in [1.165, 1.54) is 19.1 Å². The number of methoxy groups -OCH3 is 2. The van der Waals surface area contributed by atoms with E-state index in [1.54, 1.807) is 48.5 Å². The van der Waals surface area contributed by atoms with E-state index in [1.807, 2.05) is 6.07 Å². The van der Waals surface area contributed by atoms with Crippen molar-refractivity contribution in [1.82, 2.24) is 4.90 Å². The summed E-state index contributed by atoms with van der Waals surface area (Å²) in [5, 5.41) is 11.4. The molecule has 32 heavy (non-hydrogen) atoms. The van der Waals surface area contributed by atoms with Gasteiger partial charge in [0.2, 0.25) is 5.78 Å². The van der Waals surface area contributed by atoms with Gasteiger partial charge in [0, 0.05) is 19.0 Å². The molecule has 0 saturated heterocycles. The number of para-hydroxylation sites is 1. The van der Waals surface area contributed by atoms with Gasteiger partial charge in [-0.1, -0.05) is 30.3 Å². The Labute approximate surface area is 183 Å². The van der Waals surface area contributed by atoms with Crippen molar-refractivity contribution in [3.05, 3.63) is 82.8 Å². The molecule has 0 spiro atoms. The molecule has 1 atom stereocenters. The zero-order valence-corrected chi connectivity index (χ0v) is 17.5. The number of amides is 1. The normalized spacial score (nSPS) is 16.1. The number of aliphatic hydroxyl groups excluding tert-OH is 1. The van der Waals surface area contributed by atoms with Gasteiger partial charge < -0.3 is 23.9 Å². The highest BCUT2D eigenvalue weighted by atomic mass is 16.5. The van der Waals surface area contributed by atoms with Gasteiger partial charge in [0.15, 0.2) is 11.5 Å². The molecule has 1 unspecified atom stereocenters. The summed E-state index contributed by atoms with van der Waals surface area (Å²) in [6.45, 7) is 0.363. The molecule has 0 fully saturated rings. The summed E-state index contributed by atoms with van der Waals surface area (Å²) < 4.78 is 15.5. The van der Waals surface area contributed by atoms with Crippen molar-refractivity contribution in [2.75, 3.05) is 27.4 Å². The van der Waals surface area contributed by atoms with Crippen LogP contribution in [0.2, 0.25) is 0 Å². The highest BCUT2D eigenvalue weighted by Crippen LogP contribution is 2.39. The van der Waals surface area contributed by atoms with E-state index in [4.69, 9.17) is 13.9 Å². The maximum Gasteiger partial charge on any atom is 0.337 e. The van der Waals surface area contributed by atoms with Gasteiger partial charge in [-0.25, -0.2) is 4.79 Å². The van der Waals surface area contributed by atoms with Crippen LogP contribution in [0.25, 0.3) is 11.0 Å². The average Bonchev–Trinajstić information content (AvgIpc) is 3.36. The molecule has 1 aliphatic heterocycles. The summed E-state index contributed by atoms with van der Waals surface area (Å²) in [4.78, 5) is 39.4. The van der Waals surface area contributed by atoms with Crippen LogP contribution < -0.4 is 0 Å². The van der Waals surface area contributed by atoms with E-state index in [0.29, 0.717) is 16.7 Å². The molecule has 2 aromatic carbocycles.